The van der Waals surface area contributed by atoms with Gasteiger partial charge in [0.15, 0.2) is 9.84 Å². The average molecular weight is 262 g/mol. The molecule has 0 atom stereocenters. The lowest BCUT2D eigenvalue weighted by Crippen LogP contribution is -2.05. The summed E-state index contributed by atoms with van der Waals surface area (Å²) in [5, 5.41) is 0. The molecule has 4 nitrogen and oxygen atoms in total. The largest absolute Gasteiger partial charge is 0.399 e. The fraction of sp³-hybridized carbons (Fsp3) is 0.154. The average Bonchev–Trinajstić information content (AvgIpc) is 2.29. The number of nitrogen functional groups attached to an aromatic ring is 1. The van der Waals surface area contributed by atoms with E-state index in [0.29, 0.717) is 11.3 Å². The van der Waals surface area contributed by atoms with Crippen molar-refractivity contribution in [2.45, 2.75) is 17.6 Å². The van der Waals surface area contributed by atoms with Gasteiger partial charge in [0.25, 0.3) is 0 Å². The van der Waals surface area contributed by atoms with E-state index in [1.165, 1.54) is 12.1 Å². The van der Waals surface area contributed by atoms with E-state index >= 15 is 0 Å². The number of pyridine rings is 1. The van der Waals surface area contributed by atoms with Gasteiger partial charge in [0.05, 0.1) is 10.6 Å². The van der Waals surface area contributed by atoms with E-state index < -0.39 is 9.84 Å². The van der Waals surface area contributed by atoms with Crippen LogP contribution in [0, 0.1) is 6.92 Å². The van der Waals surface area contributed by atoms with Gasteiger partial charge >= 0.3 is 0 Å². The minimum absolute atomic E-state index is 0.0500. The first-order valence-corrected chi connectivity index (χ1v) is 7.11. The second-order valence-corrected chi connectivity index (χ2v) is 6.19. The van der Waals surface area contributed by atoms with Crippen LogP contribution in [0.3, 0.4) is 0 Å². The van der Waals surface area contributed by atoms with Gasteiger partial charge in [-0.1, -0.05) is 6.07 Å². The van der Waals surface area contributed by atoms with Gasteiger partial charge < -0.3 is 5.73 Å². The van der Waals surface area contributed by atoms with E-state index in [0.717, 1.165) is 5.56 Å². The number of aryl methyl sites for hydroxylation is 1. The number of nitrogens with two attached hydrogens (primary N) is 1. The van der Waals surface area contributed by atoms with Crippen molar-refractivity contribution in [1.29, 1.82) is 0 Å². The van der Waals surface area contributed by atoms with Crippen LogP contribution in [0.2, 0.25) is 0 Å². The highest BCUT2D eigenvalue weighted by Crippen LogP contribution is 2.17. The molecule has 2 N–H and O–H groups in total. The van der Waals surface area contributed by atoms with Crippen molar-refractivity contribution in [1.82, 2.24) is 4.98 Å². The highest BCUT2D eigenvalue weighted by Gasteiger charge is 2.15. The van der Waals surface area contributed by atoms with E-state index in [2.05, 4.69) is 4.98 Å². The first-order chi connectivity index (χ1) is 8.47. The van der Waals surface area contributed by atoms with Crippen molar-refractivity contribution < 1.29 is 8.42 Å². The molecule has 1 aromatic heterocycles. The van der Waals surface area contributed by atoms with Crippen molar-refractivity contribution in [2.75, 3.05) is 5.73 Å². The fourth-order valence-electron chi connectivity index (χ4n) is 1.67. The molecule has 0 saturated carbocycles. The predicted octanol–water partition coefficient (Wildman–Crippen LogP) is 1.95. The van der Waals surface area contributed by atoms with E-state index in [1.807, 2.05) is 13.0 Å². The molecule has 1 aromatic carbocycles. The quantitative estimate of drug-likeness (QED) is 0.858. The van der Waals surface area contributed by atoms with E-state index in [4.69, 9.17) is 5.73 Å². The van der Waals surface area contributed by atoms with Crippen LogP contribution in [0.5, 0.6) is 0 Å². The molecule has 0 aliphatic heterocycles. The summed E-state index contributed by atoms with van der Waals surface area (Å²) in [6.07, 6.45) is 3.27. The predicted molar refractivity (Wildman–Crippen MR) is 70.7 cm³/mol. The maximum absolute atomic E-state index is 12.2. The molecule has 0 saturated heterocycles. The number of benzene rings is 1. The molecule has 0 aliphatic carbocycles. The summed E-state index contributed by atoms with van der Waals surface area (Å²) in [5.74, 6) is -0.0500. The molecular formula is C13H14N2O2S. The van der Waals surface area contributed by atoms with Crippen LogP contribution in [0.25, 0.3) is 0 Å². The minimum atomic E-state index is -3.34. The van der Waals surface area contributed by atoms with Gasteiger partial charge in [-0.3, -0.25) is 4.98 Å². The molecule has 18 heavy (non-hydrogen) atoms. The molecule has 0 bridgehead atoms. The minimum Gasteiger partial charge on any atom is -0.399 e. The molecular weight excluding hydrogens is 248 g/mol. The SMILES string of the molecule is Cc1cncc(CS(=O)(=O)c2ccc(N)cc2)c1. The third-order valence-corrected chi connectivity index (χ3v) is 4.23. The van der Waals surface area contributed by atoms with Gasteiger partial charge in [0.1, 0.15) is 0 Å². The van der Waals surface area contributed by atoms with Gasteiger partial charge in [-0.15, -0.1) is 0 Å². The summed E-state index contributed by atoms with van der Waals surface area (Å²) >= 11 is 0. The number of sulfone groups is 1. The lowest BCUT2D eigenvalue weighted by Gasteiger charge is -2.05. The summed E-state index contributed by atoms with van der Waals surface area (Å²) in [5.41, 5.74) is 7.72. The highest BCUT2D eigenvalue weighted by atomic mass is 32.2. The molecule has 0 aliphatic rings. The zero-order valence-electron chi connectivity index (χ0n) is 10.00. The zero-order valence-corrected chi connectivity index (χ0v) is 10.8. The van der Waals surface area contributed by atoms with Crippen LogP contribution in [0.15, 0.2) is 47.6 Å². The van der Waals surface area contributed by atoms with Crippen LogP contribution >= 0.6 is 0 Å². The highest BCUT2D eigenvalue weighted by molar-refractivity contribution is 7.90. The van der Waals surface area contributed by atoms with Crippen LogP contribution < -0.4 is 5.73 Å². The van der Waals surface area contributed by atoms with Gasteiger partial charge in [-0.2, -0.15) is 0 Å². The first-order valence-electron chi connectivity index (χ1n) is 5.46. The Hall–Kier alpha value is -1.88. The van der Waals surface area contributed by atoms with Crippen molar-refractivity contribution in [2.24, 2.45) is 0 Å². The zero-order chi connectivity index (χ0) is 13.2. The molecule has 94 valence electrons. The molecule has 2 aromatic rings. The van der Waals surface area contributed by atoms with E-state index in [1.54, 1.807) is 24.5 Å². The number of hydrogen-bond acceptors (Lipinski definition) is 4. The molecule has 0 amide bonds. The van der Waals surface area contributed by atoms with Crippen molar-refractivity contribution in [3.8, 4) is 0 Å². The third-order valence-electron chi connectivity index (χ3n) is 2.53. The second-order valence-electron chi connectivity index (χ2n) is 4.20. The van der Waals surface area contributed by atoms with E-state index in [-0.39, 0.29) is 10.6 Å². The Balaban J connectivity index is 2.30. The summed E-state index contributed by atoms with van der Waals surface area (Å²) < 4.78 is 24.3. The number of anilines is 1. The summed E-state index contributed by atoms with van der Waals surface area (Å²) in [6, 6.07) is 8.03. The maximum Gasteiger partial charge on any atom is 0.182 e. The number of nitrogens with zero attached hydrogens (tertiary/aromatic N) is 1. The van der Waals surface area contributed by atoms with Crippen molar-refractivity contribution >= 4 is 15.5 Å². The molecule has 0 fully saturated rings. The first kappa shape index (κ1) is 12.6. The summed E-state index contributed by atoms with van der Waals surface area (Å²) in [6.45, 7) is 1.88. The van der Waals surface area contributed by atoms with Crippen molar-refractivity contribution in [3.63, 3.8) is 0 Å². The number of hydrogen-bond donors (Lipinski definition) is 1. The Morgan fingerprint density at radius 1 is 1.17 bits per heavy atom. The third kappa shape index (κ3) is 2.87. The lowest BCUT2D eigenvalue weighted by atomic mass is 10.2. The van der Waals surface area contributed by atoms with Gasteiger partial charge in [0, 0.05) is 18.1 Å². The maximum atomic E-state index is 12.2. The Bertz CT molecular complexity index is 649. The summed E-state index contributed by atoms with van der Waals surface area (Å²) in [7, 11) is -3.34. The number of aromatic nitrogens is 1. The van der Waals surface area contributed by atoms with Crippen LogP contribution in [-0.4, -0.2) is 13.4 Å². The smallest absolute Gasteiger partial charge is 0.182 e. The molecule has 0 unspecified atom stereocenters. The fourth-order valence-corrected chi connectivity index (χ4v) is 2.99. The standard InChI is InChI=1S/C13H14N2O2S/c1-10-6-11(8-15-7-10)9-18(16,17)13-4-2-12(14)3-5-13/h2-8H,9,14H2,1H3. The molecule has 1 heterocycles. The van der Waals surface area contributed by atoms with Crippen molar-refractivity contribution in [3.05, 3.63) is 53.9 Å². The normalized spacial score (nSPS) is 11.4. The lowest BCUT2D eigenvalue weighted by molar-refractivity contribution is 0.595. The Morgan fingerprint density at radius 3 is 2.44 bits per heavy atom. The Labute approximate surface area is 106 Å². The molecule has 5 heteroatoms. The van der Waals surface area contributed by atoms with E-state index in [9.17, 15) is 8.42 Å². The summed E-state index contributed by atoms with van der Waals surface area (Å²) in [4.78, 5) is 4.27. The second kappa shape index (κ2) is 4.78. The van der Waals surface area contributed by atoms with Crippen LogP contribution in [-0.2, 0) is 15.6 Å². The molecule has 0 spiro atoms. The van der Waals surface area contributed by atoms with Crippen LogP contribution in [0.1, 0.15) is 11.1 Å². The molecule has 2 rings (SSSR count). The Kier molecular flexibility index (Phi) is 3.34. The van der Waals surface area contributed by atoms with Crippen LogP contribution in [0.4, 0.5) is 5.69 Å². The topological polar surface area (TPSA) is 73.0 Å². The van der Waals surface area contributed by atoms with Gasteiger partial charge in [0.2, 0.25) is 0 Å². The van der Waals surface area contributed by atoms with Gasteiger partial charge in [-0.25, -0.2) is 8.42 Å². The number of rotatable bonds is 3. The van der Waals surface area contributed by atoms with Gasteiger partial charge in [-0.05, 0) is 42.3 Å². The Morgan fingerprint density at radius 2 is 1.83 bits per heavy atom. The molecule has 0 radical (unpaired) electrons. The monoisotopic (exact) mass is 262 g/mol.